The first-order valence-electron chi connectivity index (χ1n) is 6.59. The lowest BCUT2D eigenvalue weighted by Gasteiger charge is -2.17. The van der Waals surface area contributed by atoms with Gasteiger partial charge in [-0.3, -0.25) is 0 Å². The van der Waals surface area contributed by atoms with Crippen molar-refractivity contribution in [3.8, 4) is 5.75 Å². The number of anilines is 1. The number of nitrogens with one attached hydrogen (secondary N) is 2. The number of hydrogen-bond acceptors (Lipinski definition) is 3. The highest BCUT2D eigenvalue weighted by atomic mass is 16.5. The molecule has 0 aliphatic rings. The summed E-state index contributed by atoms with van der Waals surface area (Å²) in [5, 5.41) is 6.88. The average molecular weight is 250 g/mol. The molecule has 1 aromatic rings. The fourth-order valence-electron chi connectivity index (χ4n) is 2.11. The molecule has 0 aliphatic heterocycles. The number of hydrogen-bond donors (Lipinski definition) is 2. The van der Waals surface area contributed by atoms with Crippen molar-refractivity contribution in [2.45, 2.75) is 40.7 Å². The molecule has 102 valence electrons. The first-order chi connectivity index (χ1) is 8.47. The molecule has 3 heteroatoms. The van der Waals surface area contributed by atoms with E-state index in [0.29, 0.717) is 6.04 Å². The fourth-order valence-corrected chi connectivity index (χ4v) is 2.11. The van der Waals surface area contributed by atoms with E-state index in [1.54, 1.807) is 7.11 Å². The van der Waals surface area contributed by atoms with Gasteiger partial charge in [-0.05, 0) is 43.5 Å². The summed E-state index contributed by atoms with van der Waals surface area (Å²) in [5.74, 6) is 0.998. The monoisotopic (exact) mass is 250 g/mol. The molecule has 0 saturated heterocycles. The van der Waals surface area contributed by atoms with Gasteiger partial charge in [0, 0.05) is 24.8 Å². The van der Waals surface area contributed by atoms with Crippen LogP contribution in [-0.4, -0.2) is 26.2 Å². The van der Waals surface area contributed by atoms with Crippen LogP contribution in [-0.2, 0) is 0 Å². The molecule has 0 unspecified atom stereocenters. The van der Waals surface area contributed by atoms with Crippen LogP contribution in [0.4, 0.5) is 5.69 Å². The van der Waals surface area contributed by atoms with Crippen LogP contribution in [0.3, 0.4) is 0 Å². The Bertz CT molecular complexity index is 400. The van der Waals surface area contributed by atoms with Crippen LogP contribution in [0.5, 0.6) is 5.75 Å². The Hall–Kier alpha value is -1.22. The topological polar surface area (TPSA) is 33.3 Å². The Labute approximate surface area is 111 Å². The number of aryl methyl sites for hydroxylation is 1. The lowest BCUT2D eigenvalue weighted by molar-refractivity contribution is 0.408. The zero-order chi connectivity index (χ0) is 13.7. The van der Waals surface area contributed by atoms with Crippen LogP contribution in [0.25, 0.3) is 0 Å². The minimum absolute atomic E-state index is 0.534. The van der Waals surface area contributed by atoms with E-state index in [1.807, 2.05) is 0 Å². The van der Waals surface area contributed by atoms with Gasteiger partial charge in [-0.25, -0.2) is 0 Å². The molecule has 0 aromatic heterocycles. The third-order valence-corrected chi connectivity index (χ3v) is 3.22. The molecule has 0 radical (unpaired) electrons. The van der Waals surface area contributed by atoms with Gasteiger partial charge in [-0.1, -0.05) is 13.8 Å². The molecule has 0 fully saturated rings. The summed E-state index contributed by atoms with van der Waals surface area (Å²) < 4.78 is 5.43. The predicted octanol–water partition coefficient (Wildman–Crippen LogP) is 3.03. The van der Waals surface area contributed by atoms with E-state index in [9.17, 15) is 0 Å². The van der Waals surface area contributed by atoms with Gasteiger partial charge in [0.1, 0.15) is 5.75 Å². The summed E-state index contributed by atoms with van der Waals surface area (Å²) >= 11 is 0. The summed E-state index contributed by atoms with van der Waals surface area (Å²) in [6.07, 6.45) is 0. The molecule has 0 saturated carbocycles. The first-order valence-corrected chi connectivity index (χ1v) is 6.59. The van der Waals surface area contributed by atoms with Gasteiger partial charge >= 0.3 is 0 Å². The van der Waals surface area contributed by atoms with Gasteiger partial charge in [0.25, 0.3) is 0 Å². The fraction of sp³-hybridized carbons (Fsp3) is 0.600. The van der Waals surface area contributed by atoms with Crippen molar-refractivity contribution in [3.05, 3.63) is 22.8 Å². The minimum atomic E-state index is 0.534. The van der Waals surface area contributed by atoms with Crippen molar-refractivity contribution in [1.82, 2.24) is 5.32 Å². The van der Waals surface area contributed by atoms with Crippen molar-refractivity contribution < 1.29 is 4.74 Å². The van der Waals surface area contributed by atoms with Crippen molar-refractivity contribution in [2.24, 2.45) is 0 Å². The van der Waals surface area contributed by atoms with Gasteiger partial charge in [-0.2, -0.15) is 0 Å². The standard InChI is InChI=1S/C15H26N2O/c1-10(2)16-7-8-17-14-9-11(3)15(18-6)13(5)12(14)4/h9-10,16-17H,7-8H2,1-6H3. The average Bonchev–Trinajstić information content (AvgIpc) is 2.31. The zero-order valence-corrected chi connectivity index (χ0v) is 12.5. The predicted molar refractivity (Wildman–Crippen MR) is 78.8 cm³/mol. The Morgan fingerprint density at radius 3 is 2.33 bits per heavy atom. The van der Waals surface area contributed by atoms with Crippen molar-refractivity contribution >= 4 is 5.69 Å². The van der Waals surface area contributed by atoms with Crippen LogP contribution < -0.4 is 15.4 Å². The summed E-state index contributed by atoms with van der Waals surface area (Å²) in [6, 6.07) is 2.70. The Balaban J connectivity index is 2.72. The second-order valence-corrected chi connectivity index (χ2v) is 5.06. The second kappa shape index (κ2) is 6.64. The Morgan fingerprint density at radius 1 is 1.11 bits per heavy atom. The summed E-state index contributed by atoms with van der Waals surface area (Å²) in [5.41, 5.74) is 4.87. The molecule has 18 heavy (non-hydrogen) atoms. The highest BCUT2D eigenvalue weighted by molar-refractivity contribution is 5.61. The summed E-state index contributed by atoms with van der Waals surface area (Å²) in [6.45, 7) is 12.6. The molecule has 0 spiro atoms. The minimum Gasteiger partial charge on any atom is -0.496 e. The smallest absolute Gasteiger partial charge is 0.125 e. The summed E-state index contributed by atoms with van der Waals surface area (Å²) in [7, 11) is 1.73. The SMILES string of the molecule is COc1c(C)cc(NCCNC(C)C)c(C)c1C. The molecule has 1 aromatic carbocycles. The molecule has 0 heterocycles. The highest BCUT2D eigenvalue weighted by Crippen LogP contribution is 2.31. The Kier molecular flexibility index (Phi) is 5.48. The molecular weight excluding hydrogens is 224 g/mol. The van der Waals surface area contributed by atoms with E-state index in [1.165, 1.54) is 22.4 Å². The largest absolute Gasteiger partial charge is 0.496 e. The quantitative estimate of drug-likeness (QED) is 0.761. The molecule has 1 rings (SSSR count). The maximum Gasteiger partial charge on any atom is 0.125 e. The molecular formula is C15H26N2O. The Morgan fingerprint density at radius 2 is 1.78 bits per heavy atom. The van der Waals surface area contributed by atoms with E-state index in [2.05, 4.69) is 51.3 Å². The molecule has 0 amide bonds. The molecule has 0 bridgehead atoms. The van der Waals surface area contributed by atoms with Crippen LogP contribution in [0.2, 0.25) is 0 Å². The third kappa shape index (κ3) is 3.64. The van der Waals surface area contributed by atoms with Gasteiger partial charge in [0.2, 0.25) is 0 Å². The van der Waals surface area contributed by atoms with Gasteiger partial charge in [-0.15, -0.1) is 0 Å². The highest BCUT2D eigenvalue weighted by Gasteiger charge is 2.09. The third-order valence-electron chi connectivity index (χ3n) is 3.22. The normalized spacial score (nSPS) is 10.8. The van der Waals surface area contributed by atoms with Gasteiger partial charge < -0.3 is 15.4 Å². The zero-order valence-electron chi connectivity index (χ0n) is 12.5. The van der Waals surface area contributed by atoms with Gasteiger partial charge in [0.15, 0.2) is 0 Å². The van der Waals surface area contributed by atoms with Crippen LogP contribution in [0.1, 0.15) is 30.5 Å². The van der Waals surface area contributed by atoms with Gasteiger partial charge in [0.05, 0.1) is 7.11 Å². The number of methoxy groups -OCH3 is 1. The van der Waals surface area contributed by atoms with Crippen molar-refractivity contribution in [1.29, 1.82) is 0 Å². The molecule has 2 N–H and O–H groups in total. The van der Waals surface area contributed by atoms with Crippen LogP contribution in [0.15, 0.2) is 6.07 Å². The van der Waals surface area contributed by atoms with E-state index in [0.717, 1.165) is 18.8 Å². The molecule has 3 nitrogen and oxygen atoms in total. The van der Waals surface area contributed by atoms with E-state index in [4.69, 9.17) is 4.74 Å². The lowest BCUT2D eigenvalue weighted by Crippen LogP contribution is -2.28. The lowest BCUT2D eigenvalue weighted by atomic mass is 10.0. The molecule has 0 aliphatic carbocycles. The van der Waals surface area contributed by atoms with Crippen LogP contribution in [0, 0.1) is 20.8 Å². The van der Waals surface area contributed by atoms with E-state index in [-0.39, 0.29) is 0 Å². The number of benzene rings is 1. The summed E-state index contributed by atoms with van der Waals surface area (Å²) in [4.78, 5) is 0. The maximum atomic E-state index is 5.43. The van der Waals surface area contributed by atoms with E-state index >= 15 is 0 Å². The van der Waals surface area contributed by atoms with E-state index < -0.39 is 0 Å². The molecule has 0 atom stereocenters. The first kappa shape index (κ1) is 14.8. The van der Waals surface area contributed by atoms with Crippen molar-refractivity contribution in [3.63, 3.8) is 0 Å². The number of ether oxygens (including phenoxy) is 1. The second-order valence-electron chi connectivity index (χ2n) is 5.06. The maximum absolute atomic E-state index is 5.43. The van der Waals surface area contributed by atoms with Crippen LogP contribution >= 0.6 is 0 Å². The number of rotatable bonds is 6. The van der Waals surface area contributed by atoms with Crippen molar-refractivity contribution in [2.75, 3.05) is 25.5 Å².